The van der Waals surface area contributed by atoms with Crippen molar-refractivity contribution < 1.29 is 17.9 Å². The van der Waals surface area contributed by atoms with Gasteiger partial charge in [-0.25, -0.2) is 8.42 Å². The minimum atomic E-state index is -3.29. The molecular weight excluding hydrogens is 242 g/mol. The van der Waals surface area contributed by atoms with Crippen LogP contribution in [0.25, 0.3) is 0 Å². The minimum absolute atomic E-state index is 0.0286. The lowest BCUT2D eigenvalue weighted by molar-refractivity contribution is 0.355. The number of aryl methyl sites for hydroxylation is 1. The van der Waals surface area contributed by atoms with Crippen LogP contribution in [0.1, 0.15) is 12.5 Å². The summed E-state index contributed by atoms with van der Waals surface area (Å²) in [5.74, 6) is 1.09. The fourth-order valence-corrected chi connectivity index (χ4v) is 2.03. The van der Waals surface area contributed by atoms with Gasteiger partial charge in [0.25, 0.3) is 0 Å². The van der Waals surface area contributed by atoms with E-state index in [4.69, 9.17) is 9.47 Å². The molecule has 1 aromatic carbocycles. The third kappa shape index (κ3) is 3.26. The molecule has 0 fully saturated rings. The molecule has 0 atom stereocenters. The summed E-state index contributed by atoms with van der Waals surface area (Å²) in [5, 5.41) is 0. The van der Waals surface area contributed by atoms with Crippen LogP contribution in [0.5, 0.6) is 11.5 Å². The largest absolute Gasteiger partial charge is 0.493 e. The van der Waals surface area contributed by atoms with Gasteiger partial charge in [-0.05, 0) is 25.5 Å². The molecule has 6 heteroatoms. The van der Waals surface area contributed by atoms with Crippen molar-refractivity contribution in [2.24, 2.45) is 0 Å². The highest BCUT2D eigenvalue weighted by molar-refractivity contribution is 7.92. The maximum atomic E-state index is 11.5. The Morgan fingerprint density at radius 3 is 2.18 bits per heavy atom. The number of benzene rings is 1. The molecule has 0 saturated heterocycles. The Morgan fingerprint density at radius 1 is 1.18 bits per heavy atom. The average molecular weight is 259 g/mol. The Labute approximate surface area is 102 Å². The standard InChI is InChI=1S/C11H17NO4S/c1-5-17(13,14)12-9-7-11(16-4)10(15-3)6-8(9)2/h6-7,12H,5H2,1-4H3. The molecular formula is C11H17NO4S. The summed E-state index contributed by atoms with van der Waals surface area (Å²) in [6.45, 7) is 3.38. The lowest BCUT2D eigenvalue weighted by Crippen LogP contribution is -2.15. The van der Waals surface area contributed by atoms with Crippen LogP contribution in [0.2, 0.25) is 0 Å². The molecule has 0 aliphatic carbocycles. The maximum absolute atomic E-state index is 11.5. The van der Waals surface area contributed by atoms with Gasteiger partial charge in [-0.1, -0.05) is 0 Å². The predicted octanol–water partition coefficient (Wildman–Crippen LogP) is 1.77. The van der Waals surface area contributed by atoms with E-state index in [2.05, 4.69) is 4.72 Å². The van der Waals surface area contributed by atoms with E-state index in [1.807, 2.05) is 0 Å². The van der Waals surface area contributed by atoms with Crippen LogP contribution in [0.15, 0.2) is 12.1 Å². The van der Waals surface area contributed by atoms with Gasteiger partial charge in [-0.2, -0.15) is 0 Å². The van der Waals surface area contributed by atoms with Crippen LogP contribution in [-0.2, 0) is 10.0 Å². The summed E-state index contributed by atoms with van der Waals surface area (Å²) in [6.07, 6.45) is 0. The van der Waals surface area contributed by atoms with Crippen LogP contribution in [0.4, 0.5) is 5.69 Å². The van der Waals surface area contributed by atoms with Gasteiger partial charge in [0, 0.05) is 6.07 Å². The van der Waals surface area contributed by atoms with E-state index in [0.29, 0.717) is 17.2 Å². The van der Waals surface area contributed by atoms with Crippen molar-refractivity contribution in [2.75, 3.05) is 24.7 Å². The van der Waals surface area contributed by atoms with Crippen molar-refractivity contribution in [3.8, 4) is 11.5 Å². The van der Waals surface area contributed by atoms with Gasteiger partial charge >= 0.3 is 0 Å². The topological polar surface area (TPSA) is 64.6 Å². The number of ether oxygens (including phenoxy) is 2. The third-order valence-electron chi connectivity index (χ3n) is 2.38. The highest BCUT2D eigenvalue weighted by Crippen LogP contribution is 2.33. The third-order valence-corrected chi connectivity index (χ3v) is 3.67. The summed E-state index contributed by atoms with van der Waals surface area (Å²) in [4.78, 5) is 0. The Morgan fingerprint density at radius 2 is 1.71 bits per heavy atom. The fourth-order valence-electron chi connectivity index (χ4n) is 1.33. The number of hydrogen-bond acceptors (Lipinski definition) is 4. The summed E-state index contributed by atoms with van der Waals surface area (Å²) >= 11 is 0. The monoisotopic (exact) mass is 259 g/mol. The van der Waals surface area contributed by atoms with E-state index >= 15 is 0 Å². The molecule has 0 unspecified atom stereocenters. The Balaban J connectivity index is 3.18. The smallest absolute Gasteiger partial charge is 0.232 e. The number of sulfonamides is 1. The van der Waals surface area contributed by atoms with Crippen molar-refractivity contribution in [3.05, 3.63) is 17.7 Å². The molecule has 0 amide bonds. The first kappa shape index (κ1) is 13.6. The van der Waals surface area contributed by atoms with Crippen molar-refractivity contribution in [1.82, 2.24) is 0 Å². The summed E-state index contributed by atoms with van der Waals surface area (Å²) in [6, 6.07) is 3.34. The number of methoxy groups -OCH3 is 2. The van der Waals surface area contributed by atoms with Crippen LogP contribution in [0.3, 0.4) is 0 Å². The van der Waals surface area contributed by atoms with Gasteiger partial charge in [0.1, 0.15) is 0 Å². The first-order valence-electron chi connectivity index (χ1n) is 5.16. The molecule has 1 rings (SSSR count). The van der Waals surface area contributed by atoms with E-state index in [1.54, 1.807) is 26.0 Å². The van der Waals surface area contributed by atoms with Crippen LogP contribution in [-0.4, -0.2) is 28.4 Å². The Hall–Kier alpha value is -1.43. The summed E-state index contributed by atoms with van der Waals surface area (Å²) in [7, 11) is -0.246. The van der Waals surface area contributed by atoms with Gasteiger partial charge in [0.15, 0.2) is 11.5 Å². The Bertz CT molecular complexity index is 496. The average Bonchev–Trinajstić information content (AvgIpc) is 2.31. The zero-order chi connectivity index (χ0) is 13.1. The molecule has 1 N–H and O–H groups in total. The lowest BCUT2D eigenvalue weighted by Gasteiger charge is -2.13. The first-order chi connectivity index (χ1) is 7.93. The molecule has 1 aromatic rings. The lowest BCUT2D eigenvalue weighted by atomic mass is 10.2. The second-order valence-corrected chi connectivity index (χ2v) is 5.54. The zero-order valence-electron chi connectivity index (χ0n) is 10.4. The van der Waals surface area contributed by atoms with Crippen molar-refractivity contribution in [2.45, 2.75) is 13.8 Å². The number of anilines is 1. The van der Waals surface area contributed by atoms with E-state index in [-0.39, 0.29) is 5.75 Å². The SMILES string of the molecule is CCS(=O)(=O)Nc1cc(OC)c(OC)cc1C. The molecule has 0 radical (unpaired) electrons. The van der Waals surface area contributed by atoms with E-state index in [9.17, 15) is 8.42 Å². The van der Waals surface area contributed by atoms with Crippen LogP contribution >= 0.6 is 0 Å². The molecule has 0 aliphatic heterocycles. The molecule has 0 bridgehead atoms. The Kier molecular flexibility index (Phi) is 4.22. The highest BCUT2D eigenvalue weighted by Gasteiger charge is 2.13. The number of hydrogen-bond donors (Lipinski definition) is 1. The molecule has 5 nitrogen and oxygen atoms in total. The van der Waals surface area contributed by atoms with Crippen molar-refractivity contribution in [3.63, 3.8) is 0 Å². The zero-order valence-corrected chi connectivity index (χ0v) is 11.2. The second-order valence-electron chi connectivity index (χ2n) is 3.53. The summed E-state index contributed by atoms with van der Waals surface area (Å²) in [5.41, 5.74) is 1.28. The molecule has 0 aromatic heterocycles. The van der Waals surface area contributed by atoms with E-state index < -0.39 is 10.0 Å². The van der Waals surface area contributed by atoms with Crippen LogP contribution in [0, 0.1) is 6.92 Å². The number of nitrogens with one attached hydrogen (secondary N) is 1. The van der Waals surface area contributed by atoms with Gasteiger partial charge in [0.2, 0.25) is 10.0 Å². The van der Waals surface area contributed by atoms with Gasteiger partial charge < -0.3 is 9.47 Å². The number of rotatable bonds is 5. The van der Waals surface area contributed by atoms with Crippen molar-refractivity contribution in [1.29, 1.82) is 0 Å². The molecule has 0 heterocycles. The molecule has 17 heavy (non-hydrogen) atoms. The van der Waals surface area contributed by atoms with E-state index in [1.165, 1.54) is 14.2 Å². The second kappa shape index (κ2) is 5.27. The van der Waals surface area contributed by atoms with Gasteiger partial charge in [0.05, 0.1) is 25.7 Å². The maximum Gasteiger partial charge on any atom is 0.232 e. The summed E-state index contributed by atoms with van der Waals surface area (Å²) < 4.78 is 35.7. The first-order valence-corrected chi connectivity index (χ1v) is 6.81. The minimum Gasteiger partial charge on any atom is -0.493 e. The molecule has 0 saturated carbocycles. The van der Waals surface area contributed by atoms with Gasteiger partial charge in [-0.3, -0.25) is 4.72 Å². The van der Waals surface area contributed by atoms with E-state index in [0.717, 1.165) is 5.56 Å². The quantitative estimate of drug-likeness (QED) is 0.875. The highest BCUT2D eigenvalue weighted by atomic mass is 32.2. The molecule has 96 valence electrons. The normalized spacial score (nSPS) is 11.1. The predicted molar refractivity (Wildman–Crippen MR) is 67.4 cm³/mol. The van der Waals surface area contributed by atoms with Crippen molar-refractivity contribution >= 4 is 15.7 Å². The van der Waals surface area contributed by atoms with Gasteiger partial charge in [-0.15, -0.1) is 0 Å². The van der Waals surface area contributed by atoms with Crippen LogP contribution < -0.4 is 14.2 Å². The molecule has 0 aliphatic rings. The fraction of sp³-hybridized carbons (Fsp3) is 0.455. The molecule has 0 spiro atoms.